The lowest BCUT2D eigenvalue weighted by Gasteiger charge is -2.22. The summed E-state index contributed by atoms with van der Waals surface area (Å²) < 4.78 is 0. The average Bonchev–Trinajstić information content (AvgIpc) is 2.15. The van der Waals surface area contributed by atoms with Gasteiger partial charge in [0.05, 0.1) is 25.9 Å². The summed E-state index contributed by atoms with van der Waals surface area (Å²) in [5, 5.41) is 3.68. The summed E-state index contributed by atoms with van der Waals surface area (Å²) in [7, 11) is 0. The first-order valence-corrected chi connectivity index (χ1v) is 5.68. The second-order valence-electron chi connectivity index (χ2n) is 2.99. The Kier molecular flexibility index (Phi) is 2.64. The highest BCUT2D eigenvalue weighted by Crippen LogP contribution is 2.43. The summed E-state index contributed by atoms with van der Waals surface area (Å²) in [4.78, 5) is 12.2. The van der Waals surface area contributed by atoms with E-state index in [9.17, 15) is 4.79 Å². The fourth-order valence-electron chi connectivity index (χ4n) is 1.21. The Morgan fingerprint density at radius 2 is 2.14 bits per heavy atom. The molecular weight excluding hydrogens is 241 g/mol. The largest absolute Gasteiger partial charge is 0.324 e. The van der Waals surface area contributed by atoms with Gasteiger partial charge in [-0.15, -0.1) is 11.8 Å². The second kappa shape index (κ2) is 3.65. The molecule has 1 unspecified atom stereocenters. The normalized spacial score (nSPS) is 20.2. The van der Waals surface area contributed by atoms with Gasteiger partial charge in [-0.25, -0.2) is 0 Å². The van der Waals surface area contributed by atoms with E-state index in [0.29, 0.717) is 10.0 Å². The monoisotopic (exact) mass is 247 g/mol. The number of carbonyl (C=O) groups excluding carboxylic acids is 1. The Hall–Kier alpha value is -0.380. The molecule has 5 heteroatoms. The van der Waals surface area contributed by atoms with E-state index in [0.717, 1.165) is 10.6 Å². The number of fused-ring (bicyclic) bond motifs is 1. The lowest BCUT2D eigenvalue weighted by Crippen LogP contribution is -2.26. The lowest BCUT2D eigenvalue weighted by molar-refractivity contribution is -0.115. The number of nitrogens with one attached hydrogen (secondary N) is 1. The molecule has 1 aliphatic heterocycles. The van der Waals surface area contributed by atoms with Crippen molar-refractivity contribution in [2.24, 2.45) is 0 Å². The molecule has 0 spiro atoms. The molecule has 1 N–H and O–H groups in total. The van der Waals surface area contributed by atoms with Crippen LogP contribution in [0.5, 0.6) is 0 Å². The quantitative estimate of drug-likeness (QED) is 0.762. The third kappa shape index (κ3) is 1.60. The molecule has 0 saturated heterocycles. The van der Waals surface area contributed by atoms with Gasteiger partial charge in [-0.05, 0) is 19.1 Å². The summed E-state index contributed by atoms with van der Waals surface area (Å²) in [5.74, 6) is 0.000823. The summed E-state index contributed by atoms with van der Waals surface area (Å²) in [5.41, 5.74) is 0.743. The number of halogens is 2. The van der Waals surface area contributed by atoms with E-state index < -0.39 is 0 Å². The average molecular weight is 248 g/mol. The summed E-state index contributed by atoms with van der Waals surface area (Å²) in [6, 6.07) is 3.44. The van der Waals surface area contributed by atoms with Crippen LogP contribution < -0.4 is 5.32 Å². The predicted octanol–water partition coefficient (Wildman–Crippen LogP) is 3.43. The molecule has 74 valence electrons. The van der Waals surface area contributed by atoms with Gasteiger partial charge in [0.25, 0.3) is 0 Å². The van der Waals surface area contributed by atoms with E-state index in [1.807, 2.05) is 6.92 Å². The third-order valence-electron chi connectivity index (χ3n) is 1.97. The molecule has 14 heavy (non-hydrogen) atoms. The number of benzene rings is 1. The fraction of sp³-hybridized carbons (Fsp3) is 0.222. The zero-order valence-corrected chi connectivity index (χ0v) is 9.63. The molecule has 1 amide bonds. The van der Waals surface area contributed by atoms with Gasteiger partial charge in [-0.1, -0.05) is 23.2 Å². The minimum atomic E-state index is -0.126. The van der Waals surface area contributed by atoms with Gasteiger partial charge in [0.2, 0.25) is 5.91 Å². The maximum atomic E-state index is 11.3. The molecule has 2 nitrogen and oxygen atoms in total. The van der Waals surface area contributed by atoms with Crippen LogP contribution in [0, 0.1) is 0 Å². The maximum absolute atomic E-state index is 11.3. The molecule has 2 rings (SSSR count). The molecule has 1 atom stereocenters. The van der Waals surface area contributed by atoms with Crippen molar-refractivity contribution in [1.82, 2.24) is 0 Å². The molecule has 0 fully saturated rings. The maximum Gasteiger partial charge on any atom is 0.237 e. The first-order valence-electron chi connectivity index (χ1n) is 4.05. The Bertz CT molecular complexity index is 408. The molecule has 1 aliphatic rings. The number of hydrogen-bond acceptors (Lipinski definition) is 2. The summed E-state index contributed by atoms with van der Waals surface area (Å²) in [6.07, 6.45) is 0. The highest BCUT2D eigenvalue weighted by molar-refractivity contribution is 8.01. The van der Waals surface area contributed by atoms with Crippen molar-refractivity contribution in [2.75, 3.05) is 5.32 Å². The minimum Gasteiger partial charge on any atom is -0.324 e. The standard InChI is InChI=1S/C9H7Cl2NOS/c1-4-9(13)12-6-3-2-5(10)7(11)8(6)14-4/h2-4H,1H3,(H,12,13). The first-order chi connectivity index (χ1) is 6.59. The van der Waals surface area contributed by atoms with Crippen molar-refractivity contribution in [2.45, 2.75) is 17.1 Å². The molecule has 1 aromatic rings. The van der Waals surface area contributed by atoms with Crippen molar-refractivity contribution in [1.29, 1.82) is 0 Å². The van der Waals surface area contributed by atoms with Crippen molar-refractivity contribution < 1.29 is 4.79 Å². The predicted molar refractivity (Wildman–Crippen MR) is 60.4 cm³/mol. The van der Waals surface area contributed by atoms with Crippen LogP contribution in [-0.4, -0.2) is 11.2 Å². The lowest BCUT2D eigenvalue weighted by atomic mass is 10.3. The van der Waals surface area contributed by atoms with Crippen LogP contribution in [0.2, 0.25) is 10.0 Å². The van der Waals surface area contributed by atoms with Gasteiger partial charge in [-0.3, -0.25) is 4.79 Å². The van der Waals surface area contributed by atoms with E-state index in [4.69, 9.17) is 23.2 Å². The summed E-state index contributed by atoms with van der Waals surface area (Å²) in [6.45, 7) is 1.83. The zero-order valence-electron chi connectivity index (χ0n) is 7.30. The number of thioether (sulfide) groups is 1. The van der Waals surface area contributed by atoms with Crippen LogP contribution in [0.3, 0.4) is 0 Å². The molecule has 0 aromatic heterocycles. The number of hydrogen-bond donors (Lipinski definition) is 1. The van der Waals surface area contributed by atoms with E-state index in [1.165, 1.54) is 11.8 Å². The van der Waals surface area contributed by atoms with Crippen molar-refractivity contribution in [3.63, 3.8) is 0 Å². The smallest absolute Gasteiger partial charge is 0.237 e. The van der Waals surface area contributed by atoms with Crippen LogP contribution in [0.1, 0.15) is 6.92 Å². The van der Waals surface area contributed by atoms with Gasteiger partial charge in [0.15, 0.2) is 0 Å². The number of carbonyl (C=O) groups is 1. The summed E-state index contributed by atoms with van der Waals surface area (Å²) >= 11 is 13.3. The third-order valence-corrected chi connectivity index (χ3v) is 4.12. The Balaban J connectivity index is 2.52. The molecule has 1 aromatic carbocycles. The fourth-order valence-corrected chi connectivity index (χ4v) is 2.70. The number of amides is 1. The van der Waals surface area contributed by atoms with Crippen LogP contribution in [0.25, 0.3) is 0 Å². The van der Waals surface area contributed by atoms with Gasteiger partial charge in [0, 0.05) is 0 Å². The topological polar surface area (TPSA) is 29.1 Å². The van der Waals surface area contributed by atoms with Crippen LogP contribution >= 0.6 is 35.0 Å². The van der Waals surface area contributed by atoms with Gasteiger partial charge in [-0.2, -0.15) is 0 Å². The van der Waals surface area contributed by atoms with E-state index >= 15 is 0 Å². The molecular formula is C9H7Cl2NOS. The SMILES string of the molecule is CC1Sc2c(ccc(Cl)c2Cl)NC1=O. The second-order valence-corrected chi connectivity index (χ2v) is 5.12. The first kappa shape index (κ1) is 10.1. The van der Waals surface area contributed by atoms with Crippen molar-refractivity contribution in [3.8, 4) is 0 Å². The van der Waals surface area contributed by atoms with Crippen molar-refractivity contribution in [3.05, 3.63) is 22.2 Å². The molecule has 0 saturated carbocycles. The molecule has 0 bridgehead atoms. The Labute approximate surface area is 96.0 Å². The molecule has 0 radical (unpaired) electrons. The van der Waals surface area contributed by atoms with Crippen LogP contribution in [0.4, 0.5) is 5.69 Å². The Morgan fingerprint density at radius 3 is 2.86 bits per heavy atom. The number of rotatable bonds is 0. The Morgan fingerprint density at radius 1 is 1.43 bits per heavy atom. The van der Waals surface area contributed by atoms with Crippen molar-refractivity contribution >= 4 is 46.6 Å². The number of anilines is 1. The van der Waals surface area contributed by atoms with Gasteiger partial charge >= 0.3 is 0 Å². The highest BCUT2D eigenvalue weighted by Gasteiger charge is 2.25. The van der Waals surface area contributed by atoms with E-state index in [2.05, 4.69) is 5.32 Å². The minimum absolute atomic E-state index is 0.000823. The molecule has 1 heterocycles. The zero-order chi connectivity index (χ0) is 10.3. The van der Waals surface area contributed by atoms with Crippen LogP contribution in [-0.2, 0) is 4.79 Å². The van der Waals surface area contributed by atoms with Crippen LogP contribution in [0.15, 0.2) is 17.0 Å². The van der Waals surface area contributed by atoms with E-state index in [-0.39, 0.29) is 11.2 Å². The van der Waals surface area contributed by atoms with Gasteiger partial charge in [0.1, 0.15) is 0 Å². The van der Waals surface area contributed by atoms with E-state index in [1.54, 1.807) is 12.1 Å². The van der Waals surface area contributed by atoms with Gasteiger partial charge < -0.3 is 5.32 Å². The highest BCUT2D eigenvalue weighted by atomic mass is 35.5. The molecule has 0 aliphatic carbocycles.